The zero-order valence-electron chi connectivity index (χ0n) is 20.4. The second-order valence-corrected chi connectivity index (χ2v) is 14.5. The second kappa shape index (κ2) is 7.31. The molecule has 35 heavy (non-hydrogen) atoms. The largest absolute Gasteiger partial charge is 0.323 e. The monoisotopic (exact) mass is 494 g/mol. The highest BCUT2D eigenvalue weighted by atomic mass is 32.2. The zero-order valence-corrected chi connectivity index (χ0v) is 21.2. The van der Waals surface area contributed by atoms with E-state index in [0.29, 0.717) is 33.6 Å². The Hall–Kier alpha value is -2.42. The van der Waals surface area contributed by atoms with E-state index in [-0.39, 0.29) is 6.03 Å². The van der Waals surface area contributed by atoms with Crippen LogP contribution in [0.2, 0.25) is 0 Å². The van der Waals surface area contributed by atoms with Crippen molar-refractivity contribution >= 4 is 15.8 Å². The molecule has 5 fully saturated rings. The van der Waals surface area contributed by atoms with Gasteiger partial charge in [0.25, 0.3) is 0 Å². The summed E-state index contributed by atoms with van der Waals surface area (Å²) in [5.41, 5.74) is 1.91. The van der Waals surface area contributed by atoms with Crippen LogP contribution in [0.3, 0.4) is 0 Å². The van der Waals surface area contributed by atoms with E-state index in [4.69, 9.17) is 9.88 Å². The molecule has 0 bridgehead atoms. The molecule has 3 saturated carbocycles. The summed E-state index contributed by atoms with van der Waals surface area (Å²) in [7, 11) is -2.64. The maximum Gasteiger partial charge on any atom is 0.320 e. The number of carbonyl (C=O) groups is 1. The van der Waals surface area contributed by atoms with Crippen LogP contribution in [-0.2, 0) is 16.1 Å². The van der Waals surface area contributed by atoms with E-state index in [9.17, 15) is 9.00 Å². The average Bonchev–Trinajstić information content (AvgIpc) is 3.44. The molecule has 5 aliphatic rings. The van der Waals surface area contributed by atoms with Crippen LogP contribution in [0.25, 0.3) is 0 Å². The van der Waals surface area contributed by atoms with Gasteiger partial charge in [-0.05, 0) is 68.6 Å². The molecule has 2 aliphatic heterocycles. The van der Waals surface area contributed by atoms with Crippen molar-refractivity contribution in [1.82, 2.24) is 24.6 Å². The SMILES string of the molecule is CS(=N)(=O)c1ccc(CC2CC3(C2)CN(C(=O)N2CC4(CC(n5cnc(C6CC6)n5)C4)C2)C3)cc1. The molecule has 9 heteroatoms. The number of amides is 2. The van der Waals surface area contributed by atoms with Crippen LogP contribution in [0.15, 0.2) is 35.5 Å². The third-order valence-electron chi connectivity index (χ3n) is 9.17. The highest BCUT2D eigenvalue weighted by Crippen LogP contribution is 2.56. The van der Waals surface area contributed by atoms with E-state index in [0.717, 1.165) is 51.3 Å². The van der Waals surface area contributed by atoms with Gasteiger partial charge in [-0.2, -0.15) is 5.10 Å². The standard InChI is InChI=1S/C26H34N6O2S/c1-35(27,34)22-6-2-18(3-7-22)8-19-9-25(10-19)13-30(14-25)24(33)31-15-26(16-31)11-21(12-26)32-17-28-23(29-32)20-4-5-20/h2-3,6-7,17,19-21,27H,4-5,8-16H2,1H3. The van der Waals surface area contributed by atoms with Crippen LogP contribution in [0.4, 0.5) is 4.79 Å². The van der Waals surface area contributed by atoms with E-state index >= 15 is 0 Å². The number of nitrogens with zero attached hydrogens (tertiary/aromatic N) is 5. The van der Waals surface area contributed by atoms with Gasteiger partial charge in [0.15, 0.2) is 5.82 Å². The summed E-state index contributed by atoms with van der Waals surface area (Å²) in [6.45, 7) is 3.62. The smallest absolute Gasteiger partial charge is 0.320 e. The Bertz CT molecular complexity index is 1250. The first-order valence-corrected chi connectivity index (χ1v) is 14.9. The molecule has 3 aliphatic carbocycles. The molecular formula is C26H34N6O2S. The minimum atomic E-state index is -2.64. The van der Waals surface area contributed by atoms with E-state index in [1.807, 2.05) is 30.6 Å². The van der Waals surface area contributed by atoms with Gasteiger partial charge in [0, 0.05) is 54.1 Å². The maximum absolute atomic E-state index is 13.0. The number of benzene rings is 1. The fourth-order valence-corrected chi connectivity index (χ4v) is 7.82. The lowest BCUT2D eigenvalue weighted by molar-refractivity contribution is -0.107. The van der Waals surface area contributed by atoms with E-state index in [1.54, 1.807) is 0 Å². The number of aromatic nitrogens is 3. The minimum Gasteiger partial charge on any atom is -0.323 e. The quantitative estimate of drug-likeness (QED) is 0.682. The van der Waals surface area contributed by atoms with Crippen LogP contribution >= 0.6 is 0 Å². The lowest BCUT2D eigenvalue weighted by atomic mass is 9.56. The fourth-order valence-electron chi connectivity index (χ4n) is 7.16. The third-order valence-corrected chi connectivity index (χ3v) is 10.3. The summed E-state index contributed by atoms with van der Waals surface area (Å²) < 4.78 is 21.6. The Balaban J connectivity index is 0.844. The summed E-state index contributed by atoms with van der Waals surface area (Å²) >= 11 is 0. The second-order valence-electron chi connectivity index (χ2n) is 12.4. The molecule has 1 unspecified atom stereocenters. The summed E-state index contributed by atoms with van der Waals surface area (Å²) in [6, 6.07) is 8.41. The molecule has 1 N–H and O–H groups in total. The highest BCUT2D eigenvalue weighted by molar-refractivity contribution is 7.91. The molecule has 1 aromatic heterocycles. The van der Waals surface area contributed by atoms with E-state index < -0.39 is 9.73 Å². The molecule has 3 heterocycles. The van der Waals surface area contributed by atoms with E-state index in [1.165, 1.54) is 37.5 Å². The van der Waals surface area contributed by atoms with E-state index in [2.05, 4.69) is 19.5 Å². The Morgan fingerprint density at radius 1 is 1.03 bits per heavy atom. The van der Waals surface area contributed by atoms with Gasteiger partial charge in [0.2, 0.25) is 0 Å². The predicted molar refractivity (Wildman–Crippen MR) is 132 cm³/mol. The van der Waals surface area contributed by atoms with Gasteiger partial charge in [-0.15, -0.1) is 0 Å². The Kier molecular flexibility index (Phi) is 4.56. The molecule has 7 rings (SSSR count). The zero-order chi connectivity index (χ0) is 24.0. The predicted octanol–water partition coefficient (Wildman–Crippen LogP) is 3.90. The van der Waals surface area contributed by atoms with Gasteiger partial charge in [0.1, 0.15) is 6.33 Å². The van der Waals surface area contributed by atoms with Crippen LogP contribution in [0.5, 0.6) is 0 Å². The van der Waals surface area contributed by atoms with Gasteiger partial charge in [-0.3, -0.25) is 0 Å². The van der Waals surface area contributed by atoms with Crippen LogP contribution in [0, 0.1) is 21.5 Å². The molecule has 186 valence electrons. The van der Waals surface area contributed by atoms with Gasteiger partial charge in [0.05, 0.1) is 15.8 Å². The molecule has 1 atom stereocenters. The lowest BCUT2D eigenvalue weighted by Crippen LogP contribution is -2.71. The lowest BCUT2D eigenvalue weighted by Gasteiger charge is -2.63. The first kappa shape index (κ1) is 21.8. The molecule has 2 aromatic rings. The van der Waals surface area contributed by atoms with Crippen LogP contribution in [0.1, 0.15) is 61.9 Å². The van der Waals surface area contributed by atoms with Crippen LogP contribution in [-0.4, -0.2) is 67.2 Å². The molecule has 2 saturated heterocycles. The number of carbonyl (C=O) groups excluding carboxylic acids is 1. The number of urea groups is 1. The summed E-state index contributed by atoms with van der Waals surface area (Å²) in [5, 5.41) is 4.70. The summed E-state index contributed by atoms with van der Waals surface area (Å²) in [6.07, 6.45) is 11.5. The molecule has 2 amide bonds. The third kappa shape index (κ3) is 3.77. The van der Waals surface area contributed by atoms with Crippen molar-refractivity contribution in [2.75, 3.05) is 32.4 Å². The van der Waals surface area contributed by atoms with Crippen LogP contribution < -0.4 is 0 Å². The summed E-state index contributed by atoms with van der Waals surface area (Å²) in [4.78, 5) is 22.2. The Labute approximate surface area is 207 Å². The first-order chi connectivity index (χ1) is 16.7. The van der Waals surface area contributed by atoms with Gasteiger partial charge >= 0.3 is 6.03 Å². The molecule has 0 radical (unpaired) electrons. The van der Waals surface area contributed by atoms with Crippen molar-refractivity contribution in [2.45, 2.75) is 61.8 Å². The Morgan fingerprint density at radius 2 is 1.63 bits per heavy atom. The Morgan fingerprint density at radius 3 is 2.20 bits per heavy atom. The van der Waals surface area contributed by atoms with Gasteiger partial charge < -0.3 is 9.80 Å². The molecule has 1 aromatic carbocycles. The molecule has 8 nitrogen and oxygen atoms in total. The normalized spacial score (nSPS) is 26.5. The fraction of sp³-hybridized carbons (Fsp3) is 0.654. The van der Waals surface area contributed by atoms with Crippen molar-refractivity contribution < 1.29 is 9.00 Å². The van der Waals surface area contributed by atoms with Crippen molar-refractivity contribution in [2.24, 2.45) is 16.7 Å². The summed E-state index contributed by atoms with van der Waals surface area (Å²) in [5.74, 6) is 2.29. The number of hydrogen-bond donors (Lipinski definition) is 1. The van der Waals surface area contributed by atoms with Crippen molar-refractivity contribution in [3.63, 3.8) is 0 Å². The molecule has 2 spiro atoms. The minimum absolute atomic E-state index is 0.235. The number of nitrogens with one attached hydrogen (secondary N) is 1. The maximum atomic E-state index is 13.0. The van der Waals surface area contributed by atoms with Crippen molar-refractivity contribution in [1.29, 1.82) is 4.78 Å². The topological polar surface area (TPSA) is 95.2 Å². The number of likely N-dealkylation sites (tertiary alicyclic amines) is 2. The van der Waals surface area contributed by atoms with Crippen molar-refractivity contribution in [3.8, 4) is 0 Å². The highest BCUT2D eigenvalue weighted by Gasteiger charge is 2.58. The average molecular weight is 495 g/mol. The van der Waals surface area contributed by atoms with Crippen molar-refractivity contribution in [3.05, 3.63) is 42.0 Å². The van der Waals surface area contributed by atoms with Gasteiger partial charge in [-0.1, -0.05) is 12.1 Å². The molecular weight excluding hydrogens is 460 g/mol. The number of hydrogen-bond acceptors (Lipinski definition) is 5. The first-order valence-electron chi connectivity index (χ1n) is 13.0. The van der Waals surface area contributed by atoms with Gasteiger partial charge in [-0.25, -0.2) is 23.4 Å². The number of rotatable bonds is 5.